The lowest BCUT2D eigenvalue weighted by molar-refractivity contribution is 0.311. The Morgan fingerprint density at radius 1 is 1.38 bits per heavy atom. The van der Waals surface area contributed by atoms with Crippen molar-refractivity contribution in [1.82, 2.24) is 20.2 Å². The van der Waals surface area contributed by atoms with Gasteiger partial charge in [0.2, 0.25) is 0 Å². The first-order valence-electron chi connectivity index (χ1n) is 6.71. The Labute approximate surface area is 121 Å². The van der Waals surface area contributed by atoms with Gasteiger partial charge in [0.05, 0.1) is 30.1 Å². The van der Waals surface area contributed by atoms with E-state index in [0.717, 1.165) is 34.7 Å². The second-order valence-electron chi connectivity index (χ2n) is 4.94. The number of nitrogens with one attached hydrogen (secondary N) is 2. The van der Waals surface area contributed by atoms with E-state index in [1.165, 1.54) is 0 Å². The van der Waals surface area contributed by atoms with Crippen LogP contribution in [0.1, 0.15) is 0 Å². The van der Waals surface area contributed by atoms with E-state index in [9.17, 15) is 0 Å². The second kappa shape index (κ2) is 4.62. The van der Waals surface area contributed by atoms with Crippen molar-refractivity contribution < 1.29 is 4.74 Å². The zero-order valence-electron chi connectivity index (χ0n) is 11.5. The molecule has 3 heterocycles. The van der Waals surface area contributed by atoms with Crippen molar-refractivity contribution in [2.45, 2.75) is 0 Å². The highest BCUT2D eigenvalue weighted by Crippen LogP contribution is 2.36. The van der Waals surface area contributed by atoms with Crippen LogP contribution in [0.25, 0.3) is 11.0 Å². The van der Waals surface area contributed by atoms with Gasteiger partial charge in [-0.05, 0) is 18.2 Å². The summed E-state index contributed by atoms with van der Waals surface area (Å²) in [5.41, 5.74) is 3.74. The van der Waals surface area contributed by atoms with Gasteiger partial charge < -0.3 is 19.9 Å². The van der Waals surface area contributed by atoms with Crippen molar-refractivity contribution in [3.05, 3.63) is 30.7 Å². The van der Waals surface area contributed by atoms with Crippen LogP contribution in [0.3, 0.4) is 0 Å². The molecule has 21 heavy (non-hydrogen) atoms. The molecule has 0 amide bonds. The Hall–Kier alpha value is -2.83. The predicted molar refractivity (Wildman–Crippen MR) is 80.2 cm³/mol. The molecule has 4 rings (SSSR count). The first-order chi connectivity index (χ1) is 10.3. The first-order valence-corrected chi connectivity index (χ1v) is 6.71. The summed E-state index contributed by atoms with van der Waals surface area (Å²) in [5.74, 6) is 1.36. The van der Waals surface area contributed by atoms with Gasteiger partial charge in [-0.2, -0.15) is 5.10 Å². The van der Waals surface area contributed by atoms with Gasteiger partial charge in [-0.25, -0.2) is 4.98 Å². The van der Waals surface area contributed by atoms with E-state index in [0.29, 0.717) is 12.4 Å². The number of benzene rings is 1. The minimum atomic E-state index is 0.619. The number of hydrogen-bond donors (Lipinski definition) is 2. The van der Waals surface area contributed by atoms with Crippen molar-refractivity contribution in [2.75, 3.05) is 30.4 Å². The van der Waals surface area contributed by atoms with Crippen LogP contribution in [0.2, 0.25) is 0 Å². The van der Waals surface area contributed by atoms with Crippen LogP contribution in [0.15, 0.2) is 30.7 Å². The highest BCUT2D eigenvalue weighted by Gasteiger charge is 2.20. The smallest absolute Gasteiger partial charge is 0.197 e. The van der Waals surface area contributed by atoms with E-state index in [4.69, 9.17) is 4.74 Å². The molecule has 1 aliphatic rings. The van der Waals surface area contributed by atoms with E-state index in [-0.39, 0.29) is 0 Å². The molecule has 0 atom stereocenters. The maximum atomic E-state index is 5.74. The highest BCUT2D eigenvalue weighted by molar-refractivity contribution is 5.81. The standard InChI is InChI=1S/C14H14N6O/c1-20-4-5-21-13-12(20)7-17-19-14(13)18-9-2-3-10-11(6-9)16-8-15-10/h2-3,6-8H,4-5H2,1H3,(H,15,16)(H,18,19). The van der Waals surface area contributed by atoms with E-state index in [1.54, 1.807) is 12.5 Å². The number of likely N-dealkylation sites (N-methyl/N-ethyl adjacent to an activating group) is 1. The molecule has 1 aliphatic heterocycles. The maximum Gasteiger partial charge on any atom is 0.197 e. The third kappa shape index (κ3) is 2.03. The van der Waals surface area contributed by atoms with Gasteiger partial charge in [-0.3, -0.25) is 0 Å². The van der Waals surface area contributed by atoms with Crippen LogP contribution in [0.5, 0.6) is 5.75 Å². The number of ether oxygens (including phenoxy) is 1. The number of aromatic amines is 1. The molecule has 0 spiro atoms. The molecule has 0 aliphatic carbocycles. The van der Waals surface area contributed by atoms with Crippen molar-refractivity contribution in [3.63, 3.8) is 0 Å². The fourth-order valence-corrected chi connectivity index (χ4v) is 2.41. The Bertz CT molecular complexity index is 799. The number of imidazole rings is 1. The summed E-state index contributed by atoms with van der Waals surface area (Å²) in [6, 6.07) is 5.90. The Morgan fingerprint density at radius 3 is 3.29 bits per heavy atom. The average Bonchev–Trinajstić information content (AvgIpc) is 2.96. The van der Waals surface area contributed by atoms with E-state index in [2.05, 4.69) is 30.4 Å². The molecule has 0 radical (unpaired) electrons. The van der Waals surface area contributed by atoms with E-state index >= 15 is 0 Å². The quantitative estimate of drug-likeness (QED) is 0.747. The summed E-state index contributed by atoms with van der Waals surface area (Å²) in [6.45, 7) is 1.49. The number of H-pyrrole nitrogens is 1. The highest BCUT2D eigenvalue weighted by atomic mass is 16.5. The zero-order valence-corrected chi connectivity index (χ0v) is 11.5. The van der Waals surface area contributed by atoms with Gasteiger partial charge in [0, 0.05) is 12.7 Å². The molecule has 0 unspecified atom stereocenters. The number of hydrogen-bond acceptors (Lipinski definition) is 6. The van der Waals surface area contributed by atoms with Crippen molar-refractivity contribution in [2.24, 2.45) is 0 Å². The third-order valence-electron chi connectivity index (χ3n) is 3.55. The molecule has 7 nitrogen and oxygen atoms in total. The van der Waals surface area contributed by atoms with Crippen LogP contribution in [-0.2, 0) is 0 Å². The molecule has 106 valence electrons. The fraction of sp³-hybridized carbons (Fsp3) is 0.214. The molecule has 2 aromatic heterocycles. The largest absolute Gasteiger partial charge is 0.486 e. The monoisotopic (exact) mass is 282 g/mol. The SMILES string of the molecule is CN1CCOc2c1cnnc2Nc1ccc2[nH]cnc2c1. The average molecular weight is 282 g/mol. The molecule has 0 saturated heterocycles. The summed E-state index contributed by atoms with van der Waals surface area (Å²) < 4.78 is 5.74. The van der Waals surface area contributed by atoms with Gasteiger partial charge in [0.1, 0.15) is 12.3 Å². The lowest BCUT2D eigenvalue weighted by atomic mass is 10.2. The molecular weight excluding hydrogens is 268 g/mol. The van der Waals surface area contributed by atoms with Crippen LogP contribution in [-0.4, -0.2) is 40.4 Å². The molecule has 7 heteroatoms. The van der Waals surface area contributed by atoms with Crippen molar-refractivity contribution in [1.29, 1.82) is 0 Å². The summed E-state index contributed by atoms with van der Waals surface area (Å²) in [5, 5.41) is 11.4. The molecule has 1 aromatic carbocycles. The second-order valence-corrected chi connectivity index (χ2v) is 4.94. The minimum Gasteiger partial charge on any atom is -0.486 e. The van der Waals surface area contributed by atoms with Gasteiger partial charge in [0.25, 0.3) is 0 Å². The van der Waals surface area contributed by atoms with Gasteiger partial charge in [-0.1, -0.05) is 0 Å². The summed E-state index contributed by atoms with van der Waals surface area (Å²) >= 11 is 0. The van der Waals surface area contributed by atoms with Crippen molar-refractivity contribution >= 4 is 28.2 Å². The molecular formula is C14H14N6O. The predicted octanol–water partition coefficient (Wildman–Crippen LogP) is 1.93. The Morgan fingerprint density at radius 2 is 2.33 bits per heavy atom. The van der Waals surface area contributed by atoms with Gasteiger partial charge >= 0.3 is 0 Å². The van der Waals surface area contributed by atoms with Crippen LogP contribution in [0, 0.1) is 0 Å². The molecule has 0 bridgehead atoms. The molecule has 2 N–H and O–H groups in total. The lowest BCUT2D eigenvalue weighted by Crippen LogP contribution is -2.29. The number of fused-ring (bicyclic) bond motifs is 2. The van der Waals surface area contributed by atoms with Gasteiger partial charge in [-0.15, -0.1) is 5.10 Å². The normalized spacial score (nSPS) is 13.9. The molecule has 3 aromatic rings. The Balaban J connectivity index is 1.72. The minimum absolute atomic E-state index is 0.619. The maximum absolute atomic E-state index is 5.74. The lowest BCUT2D eigenvalue weighted by Gasteiger charge is -2.27. The summed E-state index contributed by atoms with van der Waals surface area (Å²) in [4.78, 5) is 9.42. The topological polar surface area (TPSA) is 79.0 Å². The number of nitrogens with zero attached hydrogens (tertiary/aromatic N) is 4. The van der Waals surface area contributed by atoms with E-state index < -0.39 is 0 Å². The summed E-state index contributed by atoms with van der Waals surface area (Å²) in [6.07, 6.45) is 3.40. The van der Waals surface area contributed by atoms with Crippen LogP contribution in [0.4, 0.5) is 17.2 Å². The fourth-order valence-electron chi connectivity index (χ4n) is 2.41. The first kappa shape index (κ1) is 12.0. The molecule has 0 saturated carbocycles. The number of aromatic nitrogens is 4. The van der Waals surface area contributed by atoms with E-state index in [1.807, 2.05) is 25.2 Å². The van der Waals surface area contributed by atoms with Crippen molar-refractivity contribution in [3.8, 4) is 5.75 Å². The molecule has 0 fully saturated rings. The Kier molecular flexibility index (Phi) is 2.63. The summed E-state index contributed by atoms with van der Waals surface area (Å²) in [7, 11) is 2.02. The third-order valence-corrected chi connectivity index (χ3v) is 3.55. The van der Waals surface area contributed by atoms with Crippen LogP contribution >= 0.6 is 0 Å². The van der Waals surface area contributed by atoms with Crippen LogP contribution < -0.4 is 15.0 Å². The number of anilines is 3. The van der Waals surface area contributed by atoms with Gasteiger partial charge in [0.15, 0.2) is 11.6 Å². The zero-order chi connectivity index (χ0) is 14.2. The number of rotatable bonds is 2.